The maximum atomic E-state index is 13.9. The van der Waals surface area contributed by atoms with E-state index in [1.165, 1.54) is 24.3 Å². The molecule has 5 aromatic rings. The quantitative estimate of drug-likeness (QED) is 0.229. The van der Waals surface area contributed by atoms with E-state index in [0.29, 0.717) is 46.1 Å². The predicted octanol–water partition coefficient (Wildman–Crippen LogP) is 4.92. The minimum Gasteiger partial charge on any atom is -0.483 e. The van der Waals surface area contributed by atoms with Crippen LogP contribution in [0, 0.1) is 11.3 Å². The summed E-state index contributed by atoms with van der Waals surface area (Å²) in [6, 6.07) is 14.1. The highest BCUT2D eigenvalue weighted by Crippen LogP contribution is 2.38. The number of pyridine rings is 1. The molecule has 8 nitrogen and oxygen atoms in total. The number of nitrogens with one attached hydrogen (secondary N) is 2. The van der Waals surface area contributed by atoms with Gasteiger partial charge in [-0.05, 0) is 42.0 Å². The summed E-state index contributed by atoms with van der Waals surface area (Å²) in [7, 11) is -5.11. The van der Waals surface area contributed by atoms with Gasteiger partial charge in [0, 0.05) is 29.6 Å². The molecule has 2 N–H and O–H groups in total. The largest absolute Gasteiger partial charge is 0.483 e. The second-order valence-electron chi connectivity index (χ2n) is 9.47. The molecule has 0 saturated carbocycles. The Morgan fingerprint density at radius 3 is 2.50 bits per heavy atom. The monoisotopic (exact) mass is 570 g/mol. The minimum atomic E-state index is -5.11. The summed E-state index contributed by atoms with van der Waals surface area (Å²) in [5.41, 5.74) is 1.40. The zero-order valence-electron chi connectivity index (χ0n) is 20.3. The van der Waals surface area contributed by atoms with Crippen LogP contribution in [-0.2, 0) is 10.2 Å². The van der Waals surface area contributed by atoms with Gasteiger partial charge in [-0.15, -0.1) is 3.89 Å². The summed E-state index contributed by atoms with van der Waals surface area (Å²) in [6.07, 6.45) is -4.70. The highest BCUT2D eigenvalue weighted by molar-refractivity contribution is 7.86. The number of halogens is 4. The number of nitrogens with zero attached hydrogens (tertiary/aromatic N) is 2. The van der Waals surface area contributed by atoms with Gasteiger partial charge in [-0.2, -0.15) is 26.9 Å². The van der Waals surface area contributed by atoms with Crippen molar-refractivity contribution in [3.8, 4) is 22.9 Å². The molecule has 3 heterocycles. The Hall–Kier alpha value is -4.41. The zero-order chi connectivity index (χ0) is 28.4. The van der Waals surface area contributed by atoms with E-state index in [0.717, 1.165) is 12.1 Å². The van der Waals surface area contributed by atoms with Crippen LogP contribution >= 0.6 is 0 Å². The van der Waals surface area contributed by atoms with E-state index in [9.17, 15) is 35.5 Å². The third-order valence-electron chi connectivity index (χ3n) is 6.92. The number of rotatable bonds is 5. The molecule has 1 fully saturated rings. The molecule has 0 radical (unpaired) electrons. The molecule has 0 amide bonds. The molecule has 1 saturated heterocycles. The van der Waals surface area contributed by atoms with Gasteiger partial charge in [0.25, 0.3) is 0 Å². The van der Waals surface area contributed by atoms with Crippen molar-refractivity contribution >= 4 is 43.1 Å². The summed E-state index contributed by atoms with van der Waals surface area (Å²) in [5, 5.41) is 13.4. The zero-order valence-corrected chi connectivity index (χ0v) is 21.2. The second-order valence-corrected chi connectivity index (χ2v) is 10.8. The van der Waals surface area contributed by atoms with Gasteiger partial charge in [-0.1, -0.05) is 18.2 Å². The van der Waals surface area contributed by atoms with Gasteiger partial charge < -0.3 is 19.6 Å². The molecular weight excluding hydrogens is 552 g/mol. The second kappa shape index (κ2) is 9.07. The molecule has 0 aliphatic carbocycles. The van der Waals surface area contributed by atoms with Crippen LogP contribution in [0.15, 0.2) is 64.3 Å². The predicted molar refractivity (Wildman–Crippen MR) is 139 cm³/mol. The van der Waals surface area contributed by atoms with Gasteiger partial charge in [0.15, 0.2) is 12.0 Å². The topological polar surface area (TPSA) is 117 Å². The Morgan fingerprint density at radius 2 is 1.85 bits per heavy atom. The normalized spacial score (nSPS) is 14.5. The summed E-state index contributed by atoms with van der Waals surface area (Å²) in [6.45, 7) is -0.578. The van der Waals surface area contributed by atoms with Gasteiger partial charge in [0.2, 0.25) is 0 Å². The first-order chi connectivity index (χ1) is 18.9. The van der Waals surface area contributed by atoms with Crippen LogP contribution in [0.4, 0.5) is 17.1 Å². The van der Waals surface area contributed by atoms with Gasteiger partial charge >= 0.3 is 16.4 Å². The van der Waals surface area contributed by atoms with Crippen LogP contribution in [0.2, 0.25) is 0 Å². The minimum absolute atomic E-state index is 0.0462. The molecule has 1 aliphatic rings. The fourth-order valence-electron chi connectivity index (χ4n) is 5.02. The van der Waals surface area contributed by atoms with Gasteiger partial charge in [0.05, 0.1) is 38.9 Å². The number of hydrogen-bond donors (Lipinski definition) is 2. The Kier molecular flexibility index (Phi) is 5.86. The van der Waals surface area contributed by atoms with Crippen molar-refractivity contribution in [1.29, 1.82) is 5.26 Å². The number of H-pyrrole nitrogens is 1. The highest BCUT2D eigenvalue weighted by Gasteiger charge is 2.30. The van der Waals surface area contributed by atoms with Crippen molar-refractivity contribution in [3.63, 3.8) is 0 Å². The van der Waals surface area contributed by atoms with Crippen molar-refractivity contribution in [2.24, 2.45) is 0 Å². The maximum absolute atomic E-state index is 13.9. The molecule has 0 bridgehead atoms. The van der Waals surface area contributed by atoms with E-state index in [4.69, 9.17) is 4.74 Å². The Morgan fingerprint density at radius 1 is 1.07 bits per heavy atom. The lowest BCUT2D eigenvalue weighted by atomic mass is 9.99. The first-order valence-corrected chi connectivity index (χ1v) is 13.4. The van der Waals surface area contributed by atoms with Crippen molar-refractivity contribution in [2.75, 3.05) is 19.7 Å². The van der Waals surface area contributed by atoms with Crippen LogP contribution in [-0.4, -0.2) is 43.8 Å². The SMILES string of the molecule is N#Cc1ccc2c(c1)[nH]c1c2c(=O)c2cc(OCC(F)(F)F)c(-c3cccc(S(=O)(=O)F)c3)cc2n1C1CNC1. The molecule has 6 rings (SSSR count). The number of aromatic amines is 1. The first-order valence-electron chi connectivity index (χ1n) is 12.0. The number of ether oxygens (including phenoxy) is 1. The molecular formula is C27H18F4N4O4S. The lowest BCUT2D eigenvalue weighted by molar-refractivity contribution is -0.153. The standard InChI is InChI=1S/C27H18F4N4O4S/c28-27(29,30)13-39-23-9-20-22(8-19(23)15-2-1-3-17(7-15)40(31,37)38)35(16-11-33-12-16)26-24(25(20)36)18-5-4-14(10-32)6-21(18)34-26/h1-9,16,33-34H,11-13H2. The van der Waals surface area contributed by atoms with E-state index < -0.39 is 33.3 Å². The third-order valence-corrected chi connectivity index (χ3v) is 7.74. The Balaban J connectivity index is 1.71. The fourth-order valence-corrected chi connectivity index (χ4v) is 5.53. The van der Waals surface area contributed by atoms with Gasteiger partial charge in [-0.3, -0.25) is 4.79 Å². The lowest BCUT2D eigenvalue weighted by Gasteiger charge is -2.32. The van der Waals surface area contributed by atoms with E-state index >= 15 is 0 Å². The van der Waals surface area contributed by atoms with Crippen LogP contribution < -0.4 is 15.5 Å². The average molecular weight is 571 g/mol. The first kappa shape index (κ1) is 25.8. The molecule has 1 aliphatic heterocycles. The number of nitriles is 1. The fraction of sp³-hybridized carbons (Fsp3) is 0.185. The summed E-state index contributed by atoms with van der Waals surface area (Å²) >= 11 is 0. The molecule has 2 aromatic heterocycles. The Labute approximate surface area is 223 Å². The molecule has 0 unspecified atom stereocenters. The molecule has 204 valence electrons. The number of benzene rings is 3. The van der Waals surface area contributed by atoms with Crippen LogP contribution in [0.1, 0.15) is 11.6 Å². The van der Waals surface area contributed by atoms with Crippen molar-refractivity contribution in [3.05, 3.63) is 70.4 Å². The van der Waals surface area contributed by atoms with Crippen molar-refractivity contribution in [1.82, 2.24) is 14.9 Å². The molecule has 40 heavy (non-hydrogen) atoms. The van der Waals surface area contributed by atoms with E-state index in [1.54, 1.807) is 18.2 Å². The van der Waals surface area contributed by atoms with Crippen LogP contribution in [0.25, 0.3) is 44.0 Å². The van der Waals surface area contributed by atoms with Gasteiger partial charge in [-0.25, -0.2) is 0 Å². The Bertz CT molecular complexity index is 2060. The van der Waals surface area contributed by atoms with Gasteiger partial charge in [0.1, 0.15) is 11.4 Å². The molecule has 0 atom stereocenters. The highest BCUT2D eigenvalue weighted by atomic mass is 32.3. The smallest absolute Gasteiger partial charge is 0.422 e. The summed E-state index contributed by atoms with van der Waals surface area (Å²) in [4.78, 5) is 16.4. The number of fused-ring (bicyclic) bond motifs is 4. The molecule has 0 spiro atoms. The van der Waals surface area contributed by atoms with E-state index in [-0.39, 0.29) is 28.3 Å². The van der Waals surface area contributed by atoms with Crippen LogP contribution in [0.5, 0.6) is 5.75 Å². The molecule has 3 aromatic carbocycles. The summed E-state index contributed by atoms with van der Waals surface area (Å²) < 4.78 is 83.4. The summed E-state index contributed by atoms with van der Waals surface area (Å²) in [5.74, 6) is -0.320. The maximum Gasteiger partial charge on any atom is 0.422 e. The van der Waals surface area contributed by atoms with Crippen molar-refractivity contribution < 1.29 is 30.2 Å². The average Bonchev–Trinajstić information content (AvgIpc) is 3.26. The number of alkyl halides is 3. The number of aromatic nitrogens is 2. The third kappa shape index (κ3) is 4.35. The van der Waals surface area contributed by atoms with E-state index in [2.05, 4.69) is 16.4 Å². The van der Waals surface area contributed by atoms with Crippen molar-refractivity contribution in [2.45, 2.75) is 17.1 Å². The number of hydrogen-bond acceptors (Lipinski definition) is 6. The lowest BCUT2D eigenvalue weighted by Crippen LogP contribution is -2.44. The van der Waals surface area contributed by atoms with E-state index in [1.807, 2.05) is 4.57 Å². The van der Waals surface area contributed by atoms with Crippen LogP contribution in [0.3, 0.4) is 0 Å². The molecule has 13 heteroatoms.